The number of hydrogen-bond donors (Lipinski definition) is 2. The molecule has 7 heteroatoms. The minimum Gasteiger partial charge on any atom is -0.480 e. The van der Waals surface area contributed by atoms with Gasteiger partial charge in [0.25, 0.3) is 0 Å². The van der Waals surface area contributed by atoms with Gasteiger partial charge < -0.3 is 15.3 Å². The summed E-state index contributed by atoms with van der Waals surface area (Å²) in [5.74, 6) is -0.687. The Hall–Kier alpha value is -1.63. The average Bonchev–Trinajstić information content (AvgIpc) is 2.94. The molecular formula is C17H25N3O3S. The van der Waals surface area contributed by atoms with Gasteiger partial charge >= 0.3 is 5.97 Å². The zero-order valence-electron chi connectivity index (χ0n) is 14.7. The monoisotopic (exact) mass is 351 g/mol. The first kappa shape index (κ1) is 17.2. The fourth-order valence-corrected chi connectivity index (χ4v) is 4.58. The number of likely N-dealkylation sites (tertiary alicyclic amines) is 1. The van der Waals surface area contributed by atoms with E-state index in [2.05, 4.69) is 24.1 Å². The van der Waals surface area contributed by atoms with Gasteiger partial charge in [-0.1, -0.05) is 34.6 Å². The number of aliphatic carboxylic acids is 1. The second-order valence-corrected chi connectivity index (χ2v) is 9.42. The van der Waals surface area contributed by atoms with Crippen LogP contribution < -0.4 is 5.32 Å². The SMILES string of the molecule is CC(C)(C)[C@H](Nc1cncs1)C(=O)N1C[C@H]2[C@@H]([C@H]1C(=O)O)C2(C)C. The summed E-state index contributed by atoms with van der Waals surface area (Å²) in [6.45, 7) is 10.7. The molecular weight excluding hydrogens is 326 g/mol. The second-order valence-electron chi connectivity index (χ2n) is 8.54. The van der Waals surface area contributed by atoms with E-state index >= 15 is 0 Å². The summed E-state index contributed by atoms with van der Waals surface area (Å²) in [7, 11) is 0. The minimum absolute atomic E-state index is 0.0160. The van der Waals surface area contributed by atoms with Crippen molar-refractivity contribution in [2.45, 2.75) is 46.7 Å². The normalized spacial score (nSPS) is 29.0. The Morgan fingerprint density at radius 3 is 2.62 bits per heavy atom. The number of carboxylic acids is 1. The molecule has 1 amide bonds. The predicted octanol–water partition coefficient (Wildman–Crippen LogP) is 2.54. The summed E-state index contributed by atoms with van der Waals surface area (Å²) in [6.07, 6.45) is 1.69. The Morgan fingerprint density at radius 1 is 1.46 bits per heavy atom. The molecule has 0 aromatic carbocycles. The molecule has 1 aromatic heterocycles. The number of fused-ring (bicyclic) bond motifs is 1. The predicted molar refractivity (Wildman–Crippen MR) is 92.9 cm³/mol. The van der Waals surface area contributed by atoms with Crippen LogP contribution in [0.4, 0.5) is 5.00 Å². The van der Waals surface area contributed by atoms with E-state index in [4.69, 9.17) is 0 Å². The molecule has 0 radical (unpaired) electrons. The first-order valence-corrected chi connectivity index (χ1v) is 9.11. The van der Waals surface area contributed by atoms with E-state index in [1.165, 1.54) is 11.3 Å². The van der Waals surface area contributed by atoms with Gasteiger partial charge in [0, 0.05) is 12.5 Å². The van der Waals surface area contributed by atoms with Crippen molar-refractivity contribution in [3.63, 3.8) is 0 Å². The van der Waals surface area contributed by atoms with E-state index in [-0.39, 0.29) is 28.6 Å². The van der Waals surface area contributed by atoms with Crippen LogP contribution in [-0.2, 0) is 9.59 Å². The van der Waals surface area contributed by atoms with Crippen LogP contribution in [0.2, 0.25) is 0 Å². The van der Waals surface area contributed by atoms with E-state index in [9.17, 15) is 14.7 Å². The van der Waals surface area contributed by atoms with E-state index < -0.39 is 18.1 Å². The molecule has 1 saturated heterocycles. The molecule has 2 N–H and O–H groups in total. The maximum Gasteiger partial charge on any atom is 0.326 e. The van der Waals surface area contributed by atoms with E-state index in [1.807, 2.05) is 20.8 Å². The van der Waals surface area contributed by atoms with Crippen LogP contribution in [-0.4, -0.2) is 45.5 Å². The van der Waals surface area contributed by atoms with Crippen molar-refractivity contribution in [1.82, 2.24) is 9.88 Å². The molecule has 2 fully saturated rings. The molecule has 3 rings (SSSR count). The van der Waals surface area contributed by atoms with Crippen LogP contribution in [0.15, 0.2) is 11.7 Å². The molecule has 1 saturated carbocycles. The largest absolute Gasteiger partial charge is 0.480 e. The van der Waals surface area contributed by atoms with E-state index in [1.54, 1.807) is 16.6 Å². The van der Waals surface area contributed by atoms with Gasteiger partial charge in [-0.3, -0.25) is 9.78 Å². The van der Waals surface area contributed by atoms with Crippen molar-refractivity contribution in [2.75, 3.05) is 11.9 Å². The van der Waals surface area contributed by atoms with E-state index in [0.29, 0.717) is 6.54 Å². The van der Waals surface area contributed by atoms with Crippen LogP contribution in [0.5, 0.6) is 0 Å². The molecule has 1 aliphatic heterocycles. The van der Waals surface area contributed by atoms with Crippen LogP contribution in [0.25, 0.3) is 0 Å². The third kappa shape index (κ3) is 2.68. The van der Waals surface area contributed by atoms with Gasteiger partial charge in [-0.05, 0) is 16.7 Å². The summed E-state index contributed by atoms with van der Waals surface area (Å²) in [5.41, 5.74) is 1.38. The third-order valence-corrected chi connectivity index (χ3v) is 6.28. The van der Waals surface area contributed by atoms with Crippen molar-refractivity contribution in [2.24, 2.45) is 22.7 Å². The highest BCUT2D eigenvalue weighted by Crippen LogP contribution is 2.65. The summed E-state index contributed by atoms with van der Waals surface area (Å²) >= 11 is 1.43. The number of carbonyl (C=O) groups excluding carboxylic acids is 1. The van der Waals surface area contributed by atoms with Crippen molar-refractivity contribution in [3.8, 4) is 0 Å². The zero-order chi connectivity index (χ0) is 17.9. The number of nitrogens with zero attached hydrogens (tertiary/aromatic N) is 2. The van der Waals surface area contributed by atoms with Gasteiger partial charge in [0.15, 0.2) is 0 Å². The molecule has 1 aliphatic carbocycles. The van der Waals surface area contributed by atoms with Crippen LogP contribution in [0.3, 0.4) is 0 Å². The van der Waals surface area contributed by atoms with Gasteiger partial charge in [0.1, 0.15) is 17.1 Å². The maximum atomic E-state index is 13.2. The summed E-state index contributed by atoms with van der Waals surface area (Å²) in [6, 6.07) is -1.20. The highest BCUT2D eigenvalue weighted by molar-refractivity contribution is 7.13. The number of rotatable bonds is 4. The first-order chi connectivity index (χ1) is 11.0. The molecule has 2 aliphatic rings. The average molecular weight is 351 g/mol. The number of anilines is 1. The molecule has 6 nitrogen and oxygen atoms in total. The number of amides is 1. The fraction of sp³-hybridized carbons (Fsp3) is 0.706. The lowest BCUT2D eigenvalue weighted by atomic mass is 9.85. The highest BCUT2D eigenvalue weighted by Gasteiger charge is 2.70. The fourth-order valence-electron chi connectivity index (χ4n) is 4.04. The summed E-state index contributed by atoms with van der Waals surface area (Å²) in [4.78, 5) is 30.6. The number of carboxylic acid groups (broad SMARTS) is 1. The van der Waals surface area contributed by atoms with Crippen LogP contribution in [0, 0.1) is 22.7 Å². The Morgan fingerprint density at radius 2 is 2.12 bits per heavy atom. The van der Waals surface area contributed by atoms with Gasteiger partial charge in [-0.15, -0.1) is 11.3 Å². The van der Waals surface area contributed by atoms with Crippen molar-refractivity contribution in [3.05, 3.63) is 11.7 Å². The molecule has 24 heavy (non-hydrogen) atoms. The second kappa shape index (κ2) is 5.44. The summed E-state index contributed by atoms with van der Waals surface area (Å²) in [5, 5.41) is 13.8. The first-order valence-electron chi connectivity index (χ1n) is 8.23. The lowest BCUT2D eigenvalue weighted by Crippen LogP contribution is -2.54. The van der Waals surface area contributed by atoms with E-state index in [0.717, 1.165) is 5.00 Å². The molecule has 4 atom stereocenters. The van der Waals surface area contributed by atoms with Gasteiger partial charge in [0.05, 0.1) is 11.7 Å². The summed E-state index contributed by atoms with van der Waals surface area (Å²) < 4.78 is 0. The van der Waals surface area contributed by atoms with Crippen LogP contribution in [0.1, 0.15) is 34.6 Å². The molecule has 2 heterocycles. The Balaban J connectivity index is 1.84. The molecule has 0 spiro atoms. The van der Waals surface area contributed by atoms with Gasteiger partial charge in [-0.2, -0.15) is 0 Å². The number of aromatic nitrogens is 1. The number of nitrogens with one attached hydrogen (secondary N) is 1. The highest BCUT2D eigenvalue weighted by atomic mass is 32.1. The number of hydrogen-bond acceptors (Lipinski definition) is 5. The van der Waals surface area contributed by atoms with Crippen molar-refractivity contribution >= 4 is 28.2 Å². The van der Waals surface area contributed by atoms with Crippen LogP contribution >= 0.6 is 11.3 Å². The molecule has 1 aromatic rings. The zero-order valence-corrected chi connectivity index (χ0v) is 15.6. The van der Waals surface area contributed by atoms with Crippen molar-refractivity contribution < 1.29 is 14.7 Å². The van der Waals surface area contributed by atoms with Gasteiger partial charge in [-0.25, -0.2) is 4.79 Å². The maximum absolute atomic E-state index is 13.2. The Bertz CT molecular complexity index is 651. The number of piperidine rings is 1. The standard InChI is InChI=1S/C17H25N3O3S/c1-16(2,3)13(19-10-6-18-8-24-10)14(21)20-7-9-11(17(9,4)5)12(20)15(22)23/h6,8-9,11-13,19H,7H2,1-5H3,(H,22,23)/t9-,11-,12-,13+/m0/s1. The van der Waals surface area contributed by atoms with Gasteiger partial charge in [0.2, 0.25) is 5.91 Å². The smallest absolute Gasteiger partial charge is 0.326 e. The lowest BCUT2D eigenvalue weighted by molar-refractivity contribution is -0.151. The molecule has 0 unspecified atom stereocenters. The molecule has 132 valence electrons. The lowest BCUT2D eigenvalue weighted by Gasteiger charge is -2.37. The Kier molecular flexibility index (Phi) is 3.90. The molecule has 0 bridgehead atoms. The number of thiazole rings is 1. The third-order valence-electron chi connectivity index (χ3n) is 5.58. The number of carbonyl (C=O) groups is 2. The minimum atomic E-state index is -0.896. The quantitative estimate of drug-likeness (QED) is 0.871. The van der Waals surface area contributed by atoms with Crippen molar-refractivity contribution in [1.29, 1.82) is 0 Å². The Labute approximate surface area is 146 Å². The topological polar surface area (TPSA) is 82.5 Å².